The Bertz CT molecular complexity index is 424. The van der Waals surface area contributed by atoms with Gasteiger partial charge in [0.2, 0.25) is 0 Å². The van der Waals surface area contributed by atoms with E-state index in [-0.39, 0.29) is 19.0 Å². The number of ketones is 1. The largest absolute Gasteiger partial charge is 0.396 e. The number of Topliss-reactive ketones (excluding diaryl/α,β-unsaturated/α-hetero) is 1. The Balaban J connectivity index is 2.51. The minimum atomic E-state index is 0.0744. The van der Waals surface area contributed by atoms with Gasteiger partial charge in [-0.05, 0) is 36.8 Å². The van der Waals surface area contributed by atoms with Crippen molar-refractivity contribution in [2.24, 2.45) is 0 Å². The number of carbonyl (C=O) groups excluding carboxylic acids is 1. The second-order valence-electron chi connectivity index (χ2n) is 4.86. The van der Waals surface area contributed by atoms with Gasteiger partial charge in [0, 0.05) is 19.4 Å². The van der Waals surface area contributed by atoms with Crippen molar-refractivity contribution in [3.05, 3.63) is 47.5 Å². The summed E-state index contributed by atoms with van der Waals surface area (Å²) in [6, 6.07) is 8.02. The second-order valence-corrected chi connectivity index (χ2v) is 4.86. The molecule has 0 bridgehead atoms. The molecule has 0 aliphatic carbocycles. The molecule has 0 radical (unpaired) electrons. The van der Waals surface area contributed by atoms with E-state index in [0.29, 0.717) is 19.3 Å². The topological polar surface area (TPSA) is 57.5 Å². The zero-order valence-electron chi connectivity index (χ0n) is 11.9. The molecule has 1 rings (SSSR count). The second kappa shape index (κ2) is 10.4. The van der Waals surface area contributed by atoms with Crippen LogP contribution in [0.2, 0.25) is 0 Å². The molecule has 0 aliphatic rings. The SMILES string of the molecule is O=C(CCCCO)Cc1ccccc1CC/C=C/CO. The van der Waals surface area contributed by atoms with Gasteiger partial charge in [-0.2, -0.15) is 0 Å². The van der Waals surface area contributed by atoms with Crippen molar-refractivity contribution in [1.29, 1.82) is 0 Å². The normalized spacial score (nSPS) is 11.1. The Kier molecular flexibility index (Phi) is 8.59. The van der Waals surface area contributed by atoms with Gasteiger partial charge in [-0.3, -0.25) is 4.79 Å². The van der Waals surface area contributed by atoms with Crippen LogP contribution < -0.4 is 0 Å². The molecule has 110 valence electrons. The van der Waals surface area contributed by atoms with E-state index in [0.717, 1.165) is 24.8 Å². The first-order chi connectivity index (χ1) is 9.77. The molecule has 2 N–H and O–H groups in total. The minimum Gasteiger partial charge on any atom is -0.396 e. The zero-order chi connectivity index (χ0) is 14.6. The maximum atomic E-state index is 11.9. The molecule has 3 nitrogen and oxygen atoms in total. The monoisotopic (exact) mass is 276 g/mol. The summed E-state index contributed by atoms with van der Waals surface area (Å²) in [4.78, 5) is 11.9. The third kappa shape index (κ3) is 6.64. The smallest absolute Gasteiger partial charge is 0.137 e. The van der Waals surface area contributed by atoms with Gasteiger partial charge in [0.15, 0.2) is 0 Å². The number of benzene rings is 1. The van der Waals surface area contributed by atoms with Gasteiger partial charge in [-0.25, -0.2) is 0 Å². The van der Waals surface area contributed by atoms with Gasteiger partial charge >= 0.3 is 0 Å². The first-order valence-corrected chi connectivity index (χ1v) is 7.23. The molecule has 0 amide bonds. The average Bonchev–Trinajstić information content (AvgIpc) is 2.45. The summed E-state index contributed by atoms with van der Waals surface area (Å²) in [5, 5.41) is 17.4. The maximum absolute atomic E-state index is 11.9. The third-order valence-electron chi connectivity index (χ3n) is 3.22. The Hall–Kier alpha value is -1.45. The van der Waals surface area contributed by atoms with E-state index in [1.54, 1.807) is 6.08 Å². The first-order valence-electron chi connectivity index (χ1n) is 7.23. The van der Waals surface area contributed by atoms with Gasteiger partial charge in [0.25, 0.3) is 0 Å². The number of allylic oxidation sites excluding steroid dienone is 1. The number of aliphatic hydroxyl groups excluding tert-OH is 2. The van der Waals surface area contributed by atoms with E-state index in [9.17, 15) is 4.79 Å². The van der Waals surface area contributed by atoms with Crippen LogP contribution in [0.25, 0.3) is 0 Å². The van der Waals surface area contributed by atoms with Crippen molar-refractivity contribution in [1.82, 2.24) is 0 Å². The highest BCUT2D eigenvalue weighted by atomic mass is 16.3. The molecular formula is C17H24O3. The quantitative estimate of drug-likeness (QED) is 0.510. The van der Waals surface area contributed by atoms with Crippen molar-refractivity contribution in [3.8, 4) is 0 Å². The van der Waals surface area contributed by atoms with Crippen LogP contribution in [0.1, 0.15) is 36.8 Å². The van der Waals surface area contributed by atoms with Crippen molar-refractivity contribution in [2.75, 3.05) is 13.2 Å². The summed E-state index contributed by atoms with van der Waals surface area (Å²) in [5.41, 5.74) is 2.30. The van der Waals surface area contributed by atoms with Crippen LogP contribution in [-0.4, -0.2) is 29.2 Å². The van der Waals surface area contributed by atoms with E-state index >= 15 is 0 Å². The van der Waals surface area contributed by atoms with Crippen LogP contribution in [0.4, 0.5) is 0 Å². The average molecular weight is 276 g/mol. The molecule has 3 heteroatoms. The molecule has 0 fully saturated rings. The maximum Gasteiger partial charge on any atom is 0.137 e. The summed E-state index contributed by atoms with van der Waals surface area (Å²) >= 11 is 0. The Morgan fingerprint density at radius 1 is 1.05 bits per heavy atom. The highest BCUT2D eigenvalue weighted by molar-refractivity contribution is 5.81. The van der Waals surface area contributed by atoms with E-state index in [1.807, 2.05) is 24.3 Å². The van der Waals surface area contributed by atoms with Crippen LogP contribution in [0.15, 0.2) is 36.4 Å². The predicted octanol–water partition coefficient (Wildman–Crippen LogP) is 2.44. The van der Waals surface area contributed by atoms with Crippen LogP contribution in [0, 0.1) is 0 Å². The van der Waals surface area contributed by atoms with Gasteiger partial charge in [0.1, 0.15) is 5.78 Å². The van der Waals surface area contributed by atoms with Gasteiger partial charge < -0.3 is 10.2 Å². The van der Waals surface area contributed by atoms with E-state index in [1.165, 1.54) is 5.56 Å². The molecule has 0 saturated carbocycles. The van der Waals surface area contributed by atoms with Gasteiger partial charge in [-0.15, -0.1) is 0 Å². The summed E-state index contributed by atoms with van der Waals surface area (Å²) in [7, 11) is 0. The summed E-state index contributed by atoms with van der Waals surface area (Å²) in [6.07, 6.45) is 7.93. The number of rotatable bonds is 10. The lowest BCUT2D eigenvalue weighted by Crippen LogP contribution is -2.05. The third-order valence-corrected chi connectivity index (χ3v) is 3.22. The molecule has 1 aromatic rings. The molecule has 1 aromatic carbocycles. The lowest BCUT2D eigenvalue weighted by molar-refractivity contribution is -0.118. The minimum absolute atomic E-state index is 0.0744. The number of carbonyl (C=O) groups is 1. The molecule has 0 aliphatic heterocycles. The van der Waals surface area contributed by atoms with E-state index in [2.05, 4.69) is 6.07 Å². The summed E-state index contributed by atoms with van der Waals surface area (Å²) in [6.45, 7) is 0.228. The molecule has 0 saturated heterocycles. The van der Waals surface area contributed by atoms with Crippen LogP contribution in [0.3, 0.4) is 0 Å². The number of unbranched alkanes of at least 4 members (excludes halogenated alkanes) is 1. The highest BCUT2D eigenvalue weighted by Crippen LogP contribution is 2.14. The standard InChI is InChI=1S/C17H24O3/c18-12-6-1-2-8-15-9-3-4-10-16(15)14-17(20)11-5-7-13-19/h1,3-4,6,9-10,18-19H,2,5,7-8,11-14H2/b6-1+. The van der Waals surface area contributed by atoms with E-state index < -0.39 is 0 Å². The molecular weight excluding hydrogens is 252 g/mol. The van der Waals surface area contributed by atoms with Crippen molar-refractivity contribution >= 4 is 5.78 Å². The fourth-order valence-corrected chi connectivity index (χ4v) is 2.14. The van der Waals surface area contributed by atoms with Crippen molar-refractivity contribution < 1.29 is 15.0 Å². The van der Waals surface area contributed by atoms with Gasteiger partial charge in [0.05, 0.1) is 6.61 Å². The predicted molar refractivity (Wildman–Crippen MR) is 80.6 cm³/mol. The molecule has 20 heavy (non-hydrogen) atoms. The van der Waals surface area contributed by atoms with Crippen molar-refractivity contribution in [3.63, 3.8) is 0 Å². The van der Waals surface area contributed by atoms with Crippen molar-refractivity contribution in [2.45, 2.75) is 38.5 Å². The summed E-state index contributed by atoms with van der Waals surface area (Å²) in [5.74, 6) is 0.233. The zero-order valence-corrected chi connectivity index (χ0v) is 11.9. The first kappa shape index (κ1) is 16.6. The number of aliphatic hydroxyl groups is 2. The van der Waals surface area contributed by atoms with Crippen LogP contribution in [0.5, 0.6) is 0 Å². The van der Waals surface area contributed by atoms with Gasteiger partial charge in [-0.1, -0.05) is 36.4 Å². The summed E-state index contributed by atoms with van der Waals surface area (Å²) < 4.78 is 0. The lowest BCUT2D eigenvalue weighted by Gasteiger charge is -2.08. The number of hydrogen-bond acceptors (Lipinski definition) is 3. The number of hydrogen-bond donors (Lipinski definition) is 2. The highest BCUT2D eigenvalue weighted by Gasteiger charge is 2.07. The Labute approximate surface area is 121 Å². The number of aryl methyl sites for hydroxylation is 1. The molecule has 0 spiro atoms. The molecule has 0 unspecified atom stereocenters. The fourth-order valence-electron chi connectivity index (χ4n) is 2.14. The van der Waals surface area contributed by atoms with Crippen LogP contribution in [-0.2, 0) is 17.6 Å². The molecule has 0 atom stereocenters. The molecule has 0 aromatic heterocycles. The fraction of sp³-hybridized carbons (Fsp3) is 0.471. The Morgan fingerprint density at radius 2 is 1.80 bits per heavy atom. The van der Waals surface area contributed by atoms with E-state index in [4.69, 9.17) is 10.2 Å². The van der Waals surface area contributed by atoms with Crippen LogP contribution >= 0.6 is 0 Å². The molecule has 0 heterocycles. The Morgan fingerprint density at radius 3 is 2.50 bits per heavy atom. The lowest BCUT2D eigenvalue weighted by atomic mass is 9.97.